The van der Waals surface area contributed by atoms with E-state index in [1.54, 1.807) is 0 Å². The lowest BCUT2D eigenvalue weighted by Gasteiger charge is -2.16. The number of aromatic nitrogens is 1. The summed E-state index contributed by atoms with van der Waals surface area (Å²) in [5.41, 5.74) is 4.94. The summed E-state index contributed by atoms with van der Waals surface area (Å²) in [6.45, 7) is 2.70. The Morgan fingerprint density at radius 1 is 1.26 bits per heavy atom. The van der Waals surface area contributed by atoms with Crippen molar-refractivity contribution in [3.63, 3.8) is 0 Å². The van der Waals surface area contributed by atoms with Gasteiger partial charge in [-0.25, -0.2) is 4.98 Å². The van der Waals surface area contributed by atoms with Gasteiger partial charge >= 0.3 is 0 Å². The third-order valence-electron chi connectivity index (χ3n) is 3.45. The van der Waals surface area contributed by atoms with E-state index in [4.69, 9.17) is 10.00 Å². The number of rotatable bonds is 1. The number of ether oxygens (including phenoxy) is 1. The molecule has 0 fully saturated rings. The van der Waals surface area contributed by atoms with Gasteiger partial charge in [0.15, 0.2) is 0 Å². The van der Waals surface area contributed by atoms with Gasteiger partial charge < -0.3 is 4.74 Å². The van der Waals surface area contributed by atoms with Crippen LogP contribution >= 0.6 is 0 Å². The molecule has 0 bridgehead atoms. The van der Waals surface area contributed by atoms with Gasteiger partial charge in [-0.15, -0.1) is 0 Å². The van der Waals surface area contributed by atoms with Crippen molar-refractivity contribution >= 4 is 0 Å². The van der Waals surface area contributed by atoms with Crippen molar-refractivity contribution in [2.24, 2.45) is 0 Å². The van der Waals surface area contributed by atoms with Crippen LogP contribution in [0.15, 0.2) is 30.5 Å². The molecule has 1 aliphatic rings. The Kier molecular flexibility index (Phi) is 2.92. The molecule has 3 rings (SSSR count). The predicted octanol–water partition coefficient (Wildman–Crippen LogP) is 3.25. The van der Waals surface area contributed by atoms with E-state index < -0.39 is 0 Å². The quantitative estimate of drug-likeness (QED) is 0.780. The summed E-state index contributed by atoms with van der Waals surface area (Å²) in [6.07, 6.45) is 3.86. The Bertz CT molecular complexity index is 671. The Morgan fingerprint density at radius 3 is 3.00 bits per heavy atom. The van der Waals surface area contributed by atoms with Crippen LogP contribution in [0.5, 0.6) is 5.88 Å². The average molecular weight is 250 g/mol. The molecule has 0 unspecified atom stereocenters. The maximum atomic E-state index is 9.10. The maximum Gasteiger partial charge on any atom is 0.216 e. The lowest BCUT2D eigenvalue weighted by molar-refractivity contribution is 0.276. The number of fused-ring (bicyclic) bond motifs is 1. The second-order valence-corrected chi connectivity index (χ2v) is 4.78. The summed E-state index contributed by atoms with van der Waals surface area (Å²) < 4.78 is 5.51. The monoisotopic (exact) mass is 250 g/mol. The number of hydrogen-bond acceptors (Lipinski definition) is 3. The summed E-state index contributed by atoms with van der Waals surface area (Å²) in [4.78, 5) is 4.37. The standard InChI is InChI=1S/C16H14N2O/c1-11-4-5-12(7-14(11)9-17)15-8-13-3-2-6-19-16(13)18-10-15/h4-5,7-8,10H,2-3,6H2,1H3. The third kappa shape index (κ3) is 2.17. The highest BCUT2D eigenvalue weighted by atomic mass is 16.5. The van der Waals surface area contributed by atoms with Gasteiger partial charge in [-0.1, -0.05) is 12.1 Å². The lowest BCUT2D eigenvalue weighted by atomic mass is 9.99. The number of aryl methyl sites for hydroxylation is 2. The minimum atomic E-state index is 0.714. The Morgan fingerprint density at radius 2 is 2.16 bits per heavy atom. The van der Waals surface area contributed by atoms with E-state index in [-0.39, 0.29) is 0 Å². The molecule has 3 heteroatoms. The fourth-order valence-electron chi connectivity index (χ4n) is 2.32. The van der Waals surface area contributed by atoms with Gasteiger partial charge in [-0.05, 0) is 43.0 Å². The Labute approximate surface area is 112 Å². The second kappa shape index (κ2) is 4.74. The number of benzene rings is 1. The molecule has 3 nitrogen and oxygen atoms in total. The van der Waals surface area contributed by atoms with Crippen molar-refractivity contribution < 1.29 is 4.74 Å². The molecule has 2 heterocycles. The first-order chi connectivity index (χ1) is 9.28. The normalized spacial score (nSPS) is 13.3. The zero-order valence-electron chi connectivity index (χ0n) is 10.8. The van der Waals surface area contributed by atoms with E-state index in [1.807, 2.05) is 31.3 Å². The van der Waals surface area contributed by atoms with Crippen LogP contribution in [0.1, 0.15) is 23.1 Å². The number of nitriles is 1. The fraction of sp³-hybridized carbons (Fsp3) is 0.250. The molecule has 1 aliphatic heterocycles. The topological polar surface area (TPSA) is 45.9 Å². The molecule has 0 atom stereocenters. The summed E-state index contributed by atoms with van der Waals surface area (Å²) in [7, 11) is 0. The van der Waals surface area contributed by atoms with Gasteiger partial charge in [0.25, 0.3) is 0 Å². The zero-order chi connectivity index (χ0) is 13.2. The highest BCUT2D eigenvalue weighted by molar-refractivity contribution is 5.66. The van der Waals surface area contributed by atoms with Gasteiger partial charge in [-0.2, -0.15) is 5.26 Å². The third-order valence-corrected chi connectivity index (χ3v) is 3.45. The smallest absolute Gasteiger partial charge is 0.216 e. The first-order valence-corrected chi connectivity index (χ1v) is 6.41. The van der Waals surface area contributed by atoms with Gasteiger partial charge in [0.05, 0.1) is 18.2 Å². The Hall–Kier alpha value is -2.34. The van der Waals surface area contributed by atoms with E-state index in [0.717, 1.165) is 47.6 Å². The summed E-state index contributed by atoms with van der Waals surface area (Å²) in [5.74, 6) is 0.752. The van der Waals surface area contributed by atoms with E-state index in [1.165, 1.54) is 0 Å². The molecule has 1 aromatic heterocycles. The Balaban J connectivity index is 2.05. The molecule has 19 heavy (non-hydrogen) atoms. The minimum Gasteiger partial charge on any atom is -0.477 e. The van der Waals surface area contributed by atoms with Crippen molar-refractivity contribution in [2.45, 2.75) is 19.8 Å². The van der Waals surface area contributed by atoms with Crippen LogP contribution in [0.4, 0.5) is 0 Å². The molecule has 94 valence electrons. The van der Waals surface area contributed by atoms with Crippen molar-refractivity contribution in [3.8, 4) is 23.1 Å². The molecule has 0 saturated carbocycles. The highest BCUT2D eigenvalue weighted by Crippen LogP contribution is 2.28. The van der Waals surface area contributed by atoms with Crippen molar-refractivity contribution in [2.75, 3.05) is 6.61 Å². The van der Waals surface area contributed by atoms with Gasteiger partial charge in [0, 0.05) is 17.3 Å². The minimum absolute atomic E-state index is 0.714. The molecule has 1 aromatic carbocycles. The van der Waals surface area contributed by atoms with Gasteiger partial charge in [-0.3, -0.25) is 0 Å². The first kappa shape index (κ1) is 11.7. The van der Waals surface area contributed by atoms with Crippen LogP contribution in [0.2, 0.25) is 0 Å². The van der Waals surface area contributed by atoms with Crippen LogP contribution in [-0.2, 0) is 6.42 Å². The summed E-state index contributed by atoms with van der Waals surface area (Å²) in [6, 6.07) is 10.3. The number of hydrogen-bond donors (Lipinski definition) is 0. The maximum absolute atomic E-state index is 9.10. The summed E-state index contributed by atoms with van der Waals surface area (Å²) >= 11 is 0. The molecule has 0 aliphatic carbocycles. The van der Waals surface area contributed by atoms with E-state index in [0.29, 0.717) is 5.56 Å². The van der Waals surface area contributed by atoms with Crippen LogP contribution in [-0.4, -0.2) is 11.6 Å². The summed E-state index contributed by atoms with van der Waals surface area (Å²) in [5, 5.41) is 9.10. The van der Waals surface area contributed by atoms with Crippen LogP contribution in [0, 0.1) is 18.3 Å². The predicted molar refractivity (Wildman–Crippen MR) is 72.9 cm³/mol. The molecular weight excluding hydrogens is 236 g/mol. The second-order valence-electron chi connectivity index (χ2n) is 4.78. The number of pyridine rings is 1. The largest absolute Gasteiger partial charge is 0.477 e. The van der Waals surface area contributed by atoms with Crippen molar-refractivity contribution in [1.29, 1.82) is 5.26 Å². The van der Waals surface area contributed by atoms with Gasteiger partial charge in [0.2, 0.25) is 5.88 Å². The molecule has 0 spiro atoms. The molecule has 2 aromatic rings. The highest BCUT2D eigenvalue weighted by Gasteiger charge is 2.13. The average Bonchev–Trinajstić information content (AvgIpc) is 2.47. The van der Waals surface area contributed by atoms with E-state index in [2.05, 4.69) is 17.1 Å². The molecule has 0 saturated heterocycles. The molecule has 0 amide bonds. The lowest BCUT2D eigenvalue weighted by Crippen LogP contribution is -2.09. The SMILES string of the molecule is Cc1ccc(-c2cnc3c(c2)CCCO3)cc1C#N. The van der Waals surface area contributed by atoms with Crippen molar-refractivity contribution in [1.82, 2.24) is 4.98 Å². The van der Waals surface area contributed by atoms with Crippen LogP contribution in [0.25, 0.3) is 11.1 Å². The first-order valence-electron chi connectivity index (χ1n) is 6.41. The van der Waals surface area contributed by atoms with Crippen molar-refractivity contribution in [3.05, 3.63) is 47.2 Å². The fourth-order valence-corrected chi connectivity index (χ4v) is 2.32. The molecule has 0 radical (unpaired) electrons. The molecular formula is C16H14N2O. The molecule has 0 N–H and O–H groups in total. The van der Waals surface area contributed by atoms with E-state index in [9.17, 15) is 0 Å². The van der Waals surface area contributed by atoms with Gasteiger partial charge in [0.1, 0.15) is 0 Å². The van der Waals surface area contributed by atoms with Crippen LogP contribution < -0.4 is 4.74 Å². The van der Waals surface area contributed by atoms with Crippen LogP contribution in [0.3, 0.4) is 0 Å². The number of nitrogens with zero attached hydrogens (tertiary/aromatic N) is 2. The van der Waals surface area contributed by atoms with E-state index >= 15 is 0 Å². The zero-order valence-corrected chi connectivity index (χ0v) is 10.8.